The highest BCUT2D eigenvalue weighted by molar-refractivity contribution is 9.10. The molecule has 2 aromatic rings. The van der Waals surface area contributed by atoms with Gasteiger partial charge in [0, 0.05) is 10.5 Å². The molecule has 0 saturated carbocycles. The highest BCUT2D eigenvalue weighted by Gasteiger charge is 2.10. The van der Waals surface area contributed by atoms with Gasteiger partial charge in [0.15, 0.2) is 0 Å². The highest BCUT2D eigenvalue weighted by Crippen LogP contribution is 2.37. The molecule has 0 aliphatic heterocycles. The SMILES string of the molecule is Cc1ccc(Oc2cc(Cl)c(Br)cc2Cl)c(C#N)c1. The van der Waals surface area contributed by atoms with Crippen molar-refractivity contribution < 1.29 is 4.74 Å². The molecule has 0 atom stereocenters. The first-order valence-electron chi connectivity index (χ1n) is 5.34. The fourth-order valence-electron chi connectivity index (χ4n) is 1.52. The Morgan fingerprint density at radius 3 is 2.53 bits per heavy atom. The van der Waals surface area contributed by atoms with E-state index >= 15 is 0 Å². The van der Waals surface area contributed by atoms with Gasteiger partial charge in [-0.25, -0.2) is 0 Å². The molecule has 0 heterocycles. The lowest BCUT2D eigenvalue weighted by Crippen LogP contribution is -1.90. The monoisotopic (exact) mass is 355 g/mol. The Morgan fingerprint density at radius 1 is 1.11 bits per heavy atom. The van der Waals surface area contributed by atoms with Crippen LogP contribution >= 0.6 is 39.1 Å². The molecule has 96 valence electrons. The van der Waals surface area contributed by atoms with Gasteiger partial charge in [-0.1, -0.05) is 29.3 Å². The average Bonchev–Trinajstić information content (AvgIpc) is 2.37. The Balaban J connectivity index is 2.42. The van der Waals surface area contributed by atoms with E-state index in [4.69, 9.17) is 33.2 Å². The Morgan fingerprint density at radius 2 is 1.84 bits per heavy atom. The number of halogens is 3. The maximum absolute atomic E-state index is 9.09. The van der Waals surface area contributed by atoms with Crippen molar-refractivity contribution in [3.05, 3.63) is 56.0 Å². The molecule has 2 nitrogen and oxygen atoms in total. The maximum Gasteiger partial charge on any atom is 0.147 e. The lowest BCUT2D eigenvalue weighted by molar-refractivity contribution is 0.481. The molecule has 0 spiro atoms. The predicted molar refractivity (Wildman–Crippen MR) is 80.1 cm³/mol. The van der Waals surface area contributed by atoms with Crippen LogP contribution in [0, 0.1) is 18.3 Å². The Bertz CT molecular complexity index is 680. The minimum atomic E-state index is 0.412. The second kappa shape index (κ2) is 5.83. The molecule has 0 bridgehead atoms. The van der Waals surface area contributed by atoms with Gasteiger partial charge in [-0.05, 0) is 46.6 Å². The van der Waals surface area contributed by atoms with Crippen LogP contribution in [0.4, 0.5) is 0 Å². The Hall–Kier alpha value is -1.21. The van der Waals surface area contributed by atoms with E-state index < -0.39 is 0 Å². The van der Waals surface area contributed by atoms with E-state index in [-0.39, 0.29) is 0 Å². The molecule has 19 heavy (non-hydrogen) atoms. The minimum absolute atomic E-state index is 0.412. The van der Waals surface area contributed by atoms with Crippen LogP contribution in [0.15, 0.2) is 34.8 Å². The molecule has 2 rings (SSSR count). The number of ether oxygens (including phenoxy) is 1. The summed E-state index contributed by atoms with van der Waals surface area (Å²) in [6.07, 6.45) is 0. The van der Waals surface area contributed by atoms with E-state index in [1.165, 1.54) is 0 Å². The third-order valence-corrected chi connectivity index (χ3v) is 3.94. The van der Waals surface area contributed by atoms with Crippen LogP contribution in [-0.4, -0.2) is 0 Å². The quantitative estimate of drug-likeness (QED) is 0.644. The van der Waals surface area contributed by atoms with Crippen LogP contribution in [0.5, 0.6) is 11.5 Å². The molecule has 0 fully saturated rings. The number of hydrogen-bond acceptors (Lipinski definition) is 2. The van der Waals surface area contributed by atoms with E-state index in [1.807, 2.05) is 13.0 Å². The zero-order valence-corrected chi connectivity index (χ0v) is 13.0. The molecule has 0 aromatic heterocycles. The first-order valence-corrected chi connectivity index (χ1v) is 6.89. The van der Waals surface area contributed by atoms with Crippen molar-refractivity contribution in [3.63, 3.8) is 0 Å². The standard InChI is InChI=1S/C14H8BrCl2NO/c1-8-2-3-13(9(4-8)7-18)19-14-6-11(16)10(15)5-12(14)17/h2-6H,1H3. The highest BCUT2D eigenvalue weighted by atomic mass is 79.9. The summed E-state index contributed by atoms with van der Waals surface area (Å²) in [5, 5.41) is 10.0. The first-order chi connectivity index (χ1) is 9.01. The number of nitriles is 1. The normalized spacial score (nSPS) is 10.1. The fraction of sp³-hybridized carbons (Fsp3) is 0.0714. The lowest BCUT2D eigenvalue weighted by atomic mass is 10.1. The van der Waals surface area contributed by atoms with E-state index in [0.29, 0.717) is 31.6 Å². The molecular weight excluding hydrogens is 349 g/mol. The van der Waals surface area contributed by atoms with Gasteiger partial charge in [-0.2, -0.15) is 5.26 Å². The Labute approximate surface area is 129 Å². The van der Waals surface area contributed by atoms with Gasteiger partial charge in [0.1, 0.15) is 17.6 Å². The summed E-state index contributed by atoms with van der Waals surface area (Å²) in [6.45, 7) is 1.91. The molecule has 0 radical (unpaired) electrons. The van der Waals surface area contributed by atoms with Crippen molar-refractivity contribution in [2.45, 2.75) is 6.92 Å². The predicted octanol–water partition coefficient (Wildman–Crippen LogP) is 5.73. The smallest absolute Gasteiger partial charge is 0.147 e. The summed E-state index contributed by atoms with van der Waals surface area (Å²) in [5.74, 6) is 0.864. The summed E-state index contributed by atoms with van der Waals surface area (Å²) in [6, 6.07) is 10.7. The van der Waals surface area contributed by atoms with Gasteiger partial charge in [0.05, 0.1) is 15.6 Å². The second-order valence-corrected chi connectivity index (χ2v) is 5.58. The Kier molecular flexibility index (Phi) is 4.36. The molecule has 0 aliphatic rings. The van der Waals surface area contributed by atoms with Crippen molar-refractivity contribution in [1.82, 2.24) is 0 Å². The van der Waals surface area contributed by atoms with Crippen LogP contribution in [0.3, 0.4) is 0 Å². The first kappa shape index (κ1) is 14.2. The van der Waals surface area contributed by atoms with Gasteiger partial charge in [-0.3, -0.25) is 0 Å². The summed E-state index contributed by atoms with van der Waals surface area (Å²) in [7, 11) is 0. The molecule has 0 unspecified atom stereocenters. The second-order valence-electron chi connectivity index (χ2n) is 3.91. The van der Waals surface area contributed by atoms with Crippen molar-refractivity contribution in [2.75, 3.05) is 0 Å². The van der Waals surface area contributed by atoms with E-state index in [2.05, 4.69) is 22.0 Å². The van der Waals surface area contributed by atoms with Gasteiger partial charge in [0.25, 0.3) is 0 Å². The van der Waals surface area contributed by atoms with E-state index in [9.17, 15) is 0 Å². The summed E-state index contributed by atoms with van der Waals surface area (Å²) >= 11 is 15.4. The van der Waals surface area contributed by atoms with E-state index in [0.717, 1.165) is 5.56 Å². The largest absolute Gasteiger partial charge is 0.454 e. The number of nitrogens with zero attached hydrogens (tertiary/aromatic N) is 1. The topological polar surface area (TPSA) is 33.0 Å². The number of aryl methyl sites for hydroxylation is 1. The molecule has 0 amide bonds. The lowest BCUT2D eigenvalue weighted by Gasteiger charge is -2.10. The van der Waals surface area contributed by atoms with Crippen molar-refractivity contribution in [3.8, 4) is 17.6 Å². The third-order valence-electron chi connectivity index (χ3n) is 2.45. The van der Waals surface area contributed by atoms with Crippen molar-refractivity contribution in [2.24, 2.45) is 0 Å². The van der Waals surface area contributed by atoms with Crippen LogP contribution < -0.4 is 4.74 Å². The molecule has 5 heteroatoms. The van der Waals surface area contributed by atoms with Gasteiger partial charge in [-0.15, -0.1) is 0 Å². The summed E-state index contributed by atoms with van der Waals surface area (Å²) < 4.78 is 6.35. The molecular formula is C14H8BrCl2NO. The van der Waals surface area contributed by atoms with Crippen LogP contribution in [0.2, 0.25) is 10.0 Å². The van der Waals surface area contributed by atoms with Crippen LogP contribution in [0.1, 0.15) is 11.1 Å². The van der Waals surface area contributed by atoms with Crippen LogP contribution in [-0.2, 0) is 0 Å². The molecule has 0 N–H and O–H groups in total. The summed E-state index contributed by atoms with van der Waals surface area (Å²) in [4.78, 5) is 0. The zero-order valence-electron chi connectivity index (χ0n) is 9.88. The van der Waals surface area contributed by atoms with Gasteiger partial charge >= 0.3 is 0 Å². The third kappa shape index (κ3) is 3.22. The van der Waals surface area contributed by atoms with Gasteiger partial charge < -0.3 is 4.74 Å². The molecule has 0 aliphatic carbocycles. The number of rotatable bonds is 2. The summed E-state index contributed by atoms with van der Waals surface area (Å²) in [5.41, 5.74) is 1.44. The maximum atomic E-state index is 9.09. The van der Waals surface area contributed by atoms with Crippen molar-refractivity contribution >= 4 is 39.1 Å². The van der Waals surface area contributed by atoms with E-state index in [1.54, 1.807) is 24.3 Å². The number of benzene rings is 2. The minimum Gasteiger partial charge on any atom is -0.454 e. The fourth-order valence-corrected chi connectivity index (χ4v) is 2.35. The zero-order chi connectivity index (χ0) is 14.0. The van der Waals surface area contributed by atoms with Crippen molar-refractivity contribution in [1.29, 1.82) is 5.26 Å². The van der Waals surface area contributed by atoms with Gasteiger partial charge in [0.2, 0.25) is 0 Å². The number of hydrogen-bond donors (Lipinski definition) is 0. The van der Waals surface area contributed by atoms with Crippen LogP contribution in [0.25, 0.3) is 0 Å². The average molecular weight is 357 g/mol. The molecule has 0 saturated heterocycles. The molecule has 2 aromatic carbocycles.